The van der Waals surface area contributed by atoms with Crippen LogP contribution in [0.5, 0.6) is 0 Å². The van der Waals surface area contributed by atoms with Gasteiger partial charge in [0.1, 0.15) is 0 Å². The first-order chi connectivity index (χ1) is 15.8. The van der Waals surface area contributed by atoms with Gasteiger partial charge in [-0.05, 0) is 54.1 Å². The zero-order chi connectivity index (χ0) is 23.4. The minimum atomic E-state index is -3.60. The lowest BCUT2D eigenvalue weighted by Crippen LogP contribution is -2.50. The summed E-state index contributed by atoms with van der Waals surface area (Å²) in [6, 6.07) is 18.9. The smallest absolute Gasteiger partial charge is 0.253 e. The Morgan fingerprint density at radius 1 is 0.939 bits per heavy atom. The number of hydrogen-bond donors (Lipinski definition) is 0. The van der Waals surface area contributed by atoms with Crippen molar-refractivity contribution in [3.05, 3.63) is 99.7 Å². The number of sulfonamides is 1. The summed E-state index contributed by atoms with van der Waals surface area (Å²) in [5.74, 6) is -0.168. The number of amides is 1. The van der Waals surface area contributed by atoms with Crippen molar-refractivity contribution in [1.82, 2.24) is 9.21 Å². The molecule has 0 unspecified atom stereocenters. The highest BCUT2D eigenvalue weighted by atomic mass is 35.5. The maximum atomic E-state index is 12.9. The Morgan fingerprint density at radius 2 is 1.61 bits per heavy atom. The number of carbonyl (C=O) groups excluding carboxylic acids is 1. The molecule has 0 atom stereocenters. The molecule has 1 saturated heterocycles. The van der Waals surface area contributed by atoms with E-state index in [1.54, 1.807) is 71.6 Å². The molecule has 170 valence electrons. The van der Waals surface area contributed by atoms with Crippen LogP contribution < -0.4 is 4.73 Å². The average Bonchev–Trinajstić information content (AvgIpc) is 2.84. The summed E-state index contributed by atoms with van der Waals surface area (Å²) in [5.41, 5.74) is 2.44. The van der Waals surface area contributed by atoms with Crippen molar-refractivity contribution in [3.8, 4) is 11.3 Å². The molecule has 1 aliphatic heterocycles. The molecular weight excluding hydrogens is 462 g/mol. The van der Waals surface area contributed by atoms with Crippen LogP contribution in [0.25, 0.3) is 17.3 Å². The average molecular weight is 484 g/mol. The molecule has 0 spiro atoms. The fourth-order valence-corrected chi connectivity index (χ4v) is 4.89. The molecule has 0 bridgehead atoms. The summed E-state index contributed by atoms with van der Waals surface area (Å²) in [5, 5.41) is 13.7. The van der Waals surface area contributed by atoms with Gasteiger partial charge in [-0.3, -0.25) is 4.79 Å². The van der Waals surface area contributed by atoms with Gasteiger partial charge in [-0.15, -0.1) is 0 Å². The highest BCUT2D eigenvalue weighted by Crippen LogP contribution is 2.18. The van der Waals surface area contributed by atoms with Gasteiger partial charge in [0.25, 0.3) is 5.91 Å². The predicted molar refractivity (Wildman–Crippen MR) is 128 cm³/mol. The summed E-state index contributed by atoms with van der Waals surface area (Å²) >= 11 is 5.85. The van der Waals surface area contributed by atoms with E-state index in [0.29, 0.717) is 34.9 Å². The molecule has 1 aliphatic rings. The van der Waals surface area contributed by atoms with Crippen molar-refractivity contribution in [1.29, 1.82) is 0 Å². The van der Waals surface area contributed by atoms with Crippen molar-refractivity contribution in [2.45, 2.75) is 0 Å². The van der Waals surface area contributed by atoms with Gasteiger partial charge in [0, 0.05) is 59.9 Å². The number of halogens is 1. The molecule has 3 aromatic rings. The van der Waals surface area contributed by atoms with Crippen LogP contribution in [0.15, 0.2) is 78.3 Å². The van der Waals surface area contributed by atoms with Gasteiger partial charge in [-0.25, -0.2) is 8.42 Å². The summed E-state index contributed by atoms with van der Waals surface area (Å²) in [7, 11) is -3.60. The van der Waals surface area contributed by atoms with Crippen LogP contribution in [0, 0.1) is 5.21 Å². The second kappa shape index (κ2) is 9.74. The van der Waals surface area contributed by atoms with Gasteiger partial charge in [0.2, 0.25) is 15.7 Å². The van der Waals surface area contributed by atoms with Crippen molar-refractivity contribution < 1.29 is 17.9 Å². The number of rotatable bonds is 5. The number of hydrogen-bond acceptors (Lipinski definition) is 4. The first kappa shape index (κ1) is 23.0. The molecule has 4 rings (SSSR count). The lowest BCUT2D eigenvalue weighted by atomic mass is 10.1. The summed E-state index contributed by atoms with van der Waals surface area (Å²) in [4.78, 5) is 14.5. The fourth-order valence-electron chi connectivity index (χ4n) is 3.59. The van der Waals surface area contributed by atoms with Crippen LogP contribution in [-0.2, 0) is 10.0 Å². The molecule has 1 amide bonds. The Kier molecular flexibility index (Phi) is 6.78. The quantitative estimate of drug-likeness (QED) is 0.411. The van der Waals surface area contributed by atoms with Gasteiger partial charge in [-0.1, -0.05) is 23.7 Å². The number of aromatic nitrogens is 1. The number of nitrogens with zero attached hydrogens (tertiary/aromatic N) is 3. The molecule has 0 saturated carbocycles. The molecule has 0 N–H and O–H groups in total. The largest absolute Gasteiger partial charge is 0.618 e. The van der Waals surface area contributed by atoms with Crippen LogP contribution in [0.1, 0.15) is 15.9 Å². The van der Waals surface area contributed by atoms with E-state index in [4.69, 9.17) is 11.6 Å². The van der Waals surface area contributed by atoms with E-state index in [2.05, 4.69) is 0 Å². The van der Waals surface area contributed by atoms with Crippen molar-refractivity contribution in [2.24, 2.45) is 0 Å². The normalized spacial score (nSPS) is 15.1. The fraction of sp³-hybridized carbons (Fsp3) is 0.167. The van der Waals surface area contributed by atoms with Crippen LogP contribution in [-0.4, -0.2) is 49.7 Å². The third-order valence-electron chi connectivity index (χ3n) is 5.44. The lowest BCUT2D eigenvalue weighted by Gasteiger charge is -2.33. The highest BCUT2D eigenvalue weighted by Gasteiger charge is 2.28. The minimum Gasteiger partial charge on any atom is -0.618 e. The van der Waals surface area contributed by atoms with E-state index in [1.165, 1.54) is 22.0 Å². The SMILES string of the molecule is O=C(c1ccc(-c2cccc[n+]2[O-])cc1)N1CCN(S(=O)(=O)/C=C/c2ccc(Cl)cc2)CC1. The summed E-state index contributed by atoms with van der Waals surface area (Å²) in [6.45, 7) is 1.04. The van der Waals surface area contributed by atoms with E-state index in [-0.39, 0.29) is 19.0 Å². The van der Waals surface area contributed by atoms with Crippen molar-refractivity contribution >= 4 is 33.6 Å². The van der Waals surface area contributed by atoms with Gasteiger partial charge in [0.15, 0.2) is 6.20 Å². The Bertz CT molecular complexity index is 1270. The zero-order valence-electron chi connectivity index (χ0n) is 17.7. The first-order valence-electron chi connectivity index (χ1n) is 10.4. The van der Waals surface area contributed by atoms with Crippen LogP contribution in [0.3, 0.4) is 0 Å². The molecule has 33 heavy (non-hydrogen) atoms. The molecule has 2 aromatic carbocycles. The van der Waals surface area contributed by atoms with E-state index in [1.807, 2.05) is 0 Å². The Balaban J connectivity index is 1.37. The number of benzene rings is 2. The van der Waals surface area contributed by atoms with E-state index in [9.17, 15) is 18.4 Å². The Morgan fingerprint density at radius 3 is 2.24 bits per heavy atom. The topological polar surface area (TPSA) is 84.6 Å². The number of carbonyl (C=O) groups is 1. The third kappa shape index (κ3) is 5.42. The Labute approximate surface area is 197 Å². The number of pyridine rings is 1. The monoisotopic (exact) mass is 483 g/mol. The second-order valence-corrected chi connectivity index (χ2v) is 9.83. The second-order valence-electron chi connectivity index (χ2n) is 7.58. The Hall–Kier alpha value is -3.20. The van der Waals surface area contributed by atoms with Crippen LogP contribution in [0.2, 0.25) is 5.02 Å². The van der Waals surface area contributed by atoms with Gasteiger partial charge in [-0.2, -0.15) is 9.04 Å². The molecule has 1 fully saturated rings. The third-order valence-corrected chi connectivity index (χ3v) is 7.26. The maximum Gasteiger partial charge on any atom is 0.253 e. The molecule has 1 aromatic heterocycles. The van der Waals surface area contributed by atoms with Crippen LogP contribution in [0.4, 0.5) is 0 Å². The van der Waals surface area contributed by atoms with E-state index >= 15 is 0 Å². The standard InChI is InChI=1S/C24H22ClN3O4S/c25-22-10-4-19(5-11-22)12-18-33(31,32)27-16-14-26(15-17-27)24(29)21-8-6-20(7-9-21)23-3-1-2-13-28(23)30/h1-13,18H,14-17H2/b18-12+. The van der Waals surface area contributed by atoms with Gasteiger partial charge >= 0.3 is 0 Å². The first-order valence-corrected chi connectivity index (χ1v) is 12.2. The number of piperazine rings is 1. The van der Waals surface area contributed by atoms with Crippen molar-refractivity contribution in [3.63, 3.8) is 0 Å². The van der Waals surface area contributed by atoms with Crippen molar-refractivity contribution in [2.75, 3.05) is 26.2 Å². The minimum absolute atomic E-state index is 0.168. The summed E-state index contributed by atoms with van der Waals surface area (Å²) < 4.78 is 27.5. The molecule has 2 heterocycles. The maximum absolute atomic E-state index is 12.9. The lowest BCUT2D eigenvalue weighted by molar-refractivity contribution is -0.593. The molecular formula is C24H22ClN3O4S. The van der Waals surface area contributed by atoms with Gasteiger partial charge < -0.3 is 10.1 Å². The predicted octanol–water partition coefficient (Wildman–Crippen LogP) is 3.40. The summed E-state index contributed by atoms with van der Waals surface area (Å²) in [6.07, 6.45) is 2.95. The highest BCUT2D eigenvalue weighted by molar-refractivity contribution is 7.92. The zero-order valence-corrected chi connectivity index (χ0v) is 19.2. The van der Waals surface area contributed by atoms with Crippen LogP contribution >= 0.6 is 11.6 Å². The molecule has 0 aliphatic carbocycles. The van der Waals surface area contributed by atoms with E-state index in [0.717, 1.165) is 10.3 Å². The van der Waals surface area contributed by atoms with Gasteiger partial charge in [0.05, 0.1) is 0 Å². The molecule has 7 nitrogen and oxygen atoms in total. The molecule has 9 heteroatoms. The molecule has 0 radical (unpaired) electrons. The van der Waals surface area contributed by atoms with E-state index < -0.39 is 10.0 Å².